The van der Waals surface area contributed by atoms with Gasteiger partial charge in [-0.3, -0.25) is 14.2 Å². The summed E-state index contributed by atoms with van der Waals surface area (Å²) >= 11 is 0. The number of esters is 1. The monoisotopic (exact) mass is 1080 g/mol. The Bertz CT molecular complexity index is 1580. The van der Waals surface area contributed by atoms with Crippen LogP contribution in [0.1, 0.15) is 271 Å². The van der Waals surface area contributed by atoms with Crippen LogP contribution in [0.3, 0.4) is 0 Å². The molecule has 0 aliphatic carbocycles. The molecule has 0 bridgehead atoms. The Hall–Kier alpha value is -2.81. The van der Waals surface area contributed by atoms with Gasteiger partial charge in [0.05, 0.1) is 33.8 Å². The van der Waals surface area contributed by atoms with Crippen LogP contribution in [-0.2, 0) is 27.9 Å². The molecule has 0 aliphatic heterocycles. The van der Waals surface area contributed by atoms with Gasteiger partial charge in [-0.05, 0) is 83.1 Å². The molecule has 0 aromatic carbocycles. The van der Waals surface area contributed by atoms with Crippen molar-refractivity contribution in [3.05, 3.63) is 85.1 Å². The average molecular weight is 1080 g/mol. The first-order valence-electron chi connectivity index (χ1n) is 31.4. The highest BCUT2D eigenvalue weighted by Crippen LogP contribution is 2.38. The quantitative estimate of drug-likeness (QED) is 0.0212. The molecule has 3 unspecified atom stereocenters. The summed E-state index contributed by atoms with van der Waals surface area (Å²) in [6.45, 7) is 6.72. The summed E-state index contributed by atoms with van der Waals surface area (Å²) in [5, 5.41) is 3.02. The van der Waals surface area contributed by atoms with Gasteiger partial charge < -0.3 is 28.5 Å². The van der Waals surface area contributed by atoms with E-state index in [1.165, 1.54) is 128 Å². The molecular formula is C66H119N2O7P. The van der Waals surface area contributed by atoms with Crippen LogP contribution in [0, 0.1) is 0 Å². The van der Waals surface area contributed by atoms with Gasteiger partial charge in [0.2, 0.25) is 5.91 Å². The SMILES string of the molecule is CC/C=C\C/C=C\C/C=C\C/C=C\C/C=C\C/C=C\CCCCCCC(=O)OC(/C=C/CCCCCCCCCCCC)C(COP(=O)([O-])OCC[N+](C)(C)C)NC(=O)CCCCCCCCCCCCCCCCC. The van der Waals surface area contributed by atoms with Crippen molar-refractivity contribution in [2.75, 3.05) is 40.9 Å². The van der Waals surface area contributed by atoms with Crippen molar-refractivity contribution in [2.24, 2.45) is 0 Å². The molecule has 1 N–H and O–H groups in total. The number of allylic oxidation sites excluding steroid dienone is 13. The first-order valence-corrected chi connectivity index (χ1v) is 32.9. The van der Waals surface area contributed by atoms with Crippen molar-refractivity contribution < 1.29 is 37.3 Å². The third-order valence-electron chi connectivity index (χ3n) is 13.6. The number of rotatable bonds is 56. The fourth-order valence-electron chi connectivity index (χ4n) is 8.76. The number of carbonyl (C=O) groups excluding carboxylic acids is 2. The molecule has 0 radical (unpaired) electrons. The first kappa shape index (κ1) is 73.2. The van der Waals surface area contributed by atoms with Crippen LogP contribution in [0.25, 0.3) is 0 Å². The third-order valence-corrected chi connectivity index (χ3v) is 14.6. The maximum absolute atomic E-state index is 13.5. The van der Waals surface area contributed by atoms with E-state index in [1.54, 1.807) is 0 Å². The van der Waals surface area contributed by atoms with Crippen molar-refractivity contribution in [1.82, 2.24) is 5.32 Å². The Morgan fingerprint density at radius 2 is 0.842 bits per heavy atom. The maximum atomic E-state index is 13.5. The summed E-state index contributed by atoms with van der Waals surface area (Å²) < 4.78 is 30.3. The number of ether oxygens (including phenoxy) is 1. The summed E-state index contributed by atoms with van der Waals surface area (Å²) in [4.78, 5) is 40.0. The van der Waals surface area contributed by atoms with E-state index < -0.39 is 26.6 Å². The minimum atomic E-state index is -4.71. The largest absolute Gasteiger partial charge is 0.756 e. The molecule has 9 nitrogen and oxygen atoms in total. The van der Waals surface area contributed by atoms with Crippen LogP contribution >= 0.6 is 7.82 Å². The molecule has 0 spiro atoms. The van der Waals surface area contributed by atoms with Gasteiger partial charge in [-0.15, -0.1) is 0 Å². The van der Waals surface area contributed by atoms with Crippen LogP contribution in [0.4, 0.5) is 0 Å². The number of hydrogen-bond donors (Lipinski definition) is 1. The van der Waals surface area contributed by atoms with Crippen molar-refractivity contribution in [1.29, 1.82) is 0 Å². The number of nitrogens with zero attached hydrogens (tertiary/aromatic N) is 1. The summed E-state index contributed by atoms with van der Waals surface area (Å²) in [7, 11) is 1.17. The Morgan fingerprint density at radius 1 is 0.474 bits per heavy atom. The Morgan fingerprint density at radius 3 is 1.26 bits per heavy atom. The lowest BCUT2D eigenvalue weighted by atomic mass is 10.0. The topological polar surface area (TPSA) is 114 Å². The van der Waals surface area contributed by atoms with Crippen LogP contribution in [0.5, 0.6) is 0 Å². The predicted octanol–water partition coefficient (Wildman–Crippen LogP) is 18.8. The molecule has 0 aromatic rings. The molecule has 0 saturated carbocycles. The number of quaternary nitrogens is 1. The van der Waals surface area contributed by atoms with E-state index in [1.807, 2.05) is 33.3 Å². The highest BCUT2D eigenvalue weighted by molar-refractivity contribution is 7.45. The number of carbonyl (C=O) groups is 2. The Balaban J connectivity index is 5.27. The van der Waals surface area contributed by atoms with Gasteiger partial charge in [0.15, 0.2) is 0 Å². The lowest BCUT2D eigenvalue weighted by Gasteiger charge is -2.30. The second-order valence-electron chi connectivity index (χ2n) is 22.2. The number of phosphoric acid groups is 1. The van der Waals surface area contributed by atoms with Crippen molar-refractivity contribution in [3.63, 3.8) is 0 Å². The van der Waals surface area contributed by atoms with Gasteiger partial charge in [-0.25, -0.2) is 0 Å². The molecule has 0 fully saturated rings. The van der Waals surface area contributed by atoms with E-state index in [0.717, 1.165) is 103 Å². The number of unbranched alkanes of at least 4 members (excludes halogenated alkanes) is 28. The zero-order chi connectivity index (χ0) is 55.7. The normalized spacial score (nSPS) is 14.2. The van der Waals surface area contributed by atoms with Crippen molar-refractivity contribution in [2.45, 2.75) is 283 Å². The zero-order valence-corrected chi connectivity index (χ0v) is 51.1. The summed E-state index contributed by atoms with van der Waals surface area (Å²) in [5.41, 5.74) is 0. The van der Waals surface area contributed by atoms with Gasteiger partial charge in [-0.1, -0.05) is 260 Å². The summed E-state index contributed by atoms with van der Waals surface area (Å²) in [6, 6.07) is -0.901. The number of amides is 1. The molecule has 0 aliphatic rings. The molecule has 1 amide bonds. The van der Waals surface area contributed by atoms with Gasteiger partial charge in [0.25, 0.3) is 7.82 Å². The number of likely N-dealkylation sites (N-methyl/N-ethyl adjacent to an activating group) is 1. The zero-order valence-electron chi connectivity index (χ0n) is 50.2. The Labute approximate surface area is 469 Å². The molecule has 0 rings (SSSR count). The third kappa shape index (κ3) is 55.9. The fraction of sp³-hybridized carbons (Fsp3) is 0.758. The van der Waals surface area contributed by atoms with Crippen molar-refractivity contribution >= 4 is 19.7 Å². The van der Waals surface area contributed by atoms with E-state index in [-0.39, 0.29) is 24.9 Å². The minimum absolute atomic E-state index is 0.0287. The van der Waals surface area contributed by atoms with Crippen LogP contribution < -0.4 is 10.2 Å². The van der Waals surface area contributed by atoms with E-state index in [0.29, 0.717) is 23.9 Å². The fourth-order valence-corrected chi connectivity index (χ4v) is 9.48. The highest BCUT2D eigenvalue weighted by atomic mass is 31.2. The Kier molecular flexibility index (Phi) is 53.5. The standard InChI is InChI=1S/C66H119N2O7P/c1-7-10-13-16-19-22-25-28-30-31-32-33-34-35-36-37-39-41-44-47-50-53-56-59-66(70)75-64(57-54-51-48-45-42-27-24-21-18-15-12-9-3)63(62-74-76(71,72)73-61-60-68(4,5)6)67-65(69)58-55-52-49-46-43-40-38-29-26-23-20-17-14-11-8-2/h10,13,19,22,28,30,32-33,35-36,39,41,54,57,63-64H,7-9,11-12,14-18,20-21,23-27,29,31,34,37-38,40,42-53,55-56,58-62H2,1-6H3,(H-,67,69,71,72)/b13-10-,22-19-,30-28-,33-32-,36-35-,41-39-,57-54+. The van der Waals surface area contributed by atoms with E-state index in [2.05, 4.69) is 99.0 Å². The van der Waals surface area contributed by atoms with Crippen LogP contribution in [0.15, 0.2) is 85.1 Å². The molecule has 440 valence electrons. The van der Waals surface area contributed by atoms with Gasteiger partial charge in [0.1, 0.15) is 19.3 Å². The maximum Gasteiger partial charge on any atom is 0.306 e. The van der Waals surface area contributed by atoms with E-state index >= 15 is 0 Å². The smallest absolute Gasteiger partial charge is 0.306 e. The molecule has 76 heavy (non-hydrogen) atoms. The molecule has 0 saturated heterocycles. The lowest BCUT2D eigenvalue weighted by molar-refractivity contribution is -0.870. The van der Waals surface area contributed by atoms with Crippen LogP contribution in [-0.4, -0.2) is 69.4 Å². The summed E-state index contributed by atoms with van der Waals surface area (Å²) in [5.74, 6) is -0.567. The highest BCUT2D eigenvalue weighted by Gasteiger charge is 2.27. The predicted molar refractivity (Wildman–Crippen MR) is 325 cm³/mol. The number of nitrogens with one attached hydrogen (secondary N) is 1. The molecule has 10 heteroatoms. The molecule has 3 atom stereocenters. The second kappa shape index (κ2) is 55.5. The van der Waals surface area contributed by atoms with Crippen molar-refractivity contribution in [3.8, 4) is 0 Å². The summed E-state index contributed by atoms with van der Waals surface area (Å²) in [6.07, 6.45) is 72.6. The van der Waals surface area contributed by atoms with Crippen LogP contribution in [0.2, 0.25) is 0 Å². The van der Waals surface area contributed by atoms with E-state index in [9.17, 15) is 19.0 Å². The lowest BCUT2D eigenvalue weighted by Crippen LogP contribution is -2.47. The molecular weight excluding hydrogens is 964 g/mol. The van der Waals surface area contributed by atoms with Gasteiger partial charge in [-0.2, -0.15) is 0 Å². The van der Waals surface area contributed by atoms with E-state index in [4.69, 9.17) is 13.8 Å². The molecule has 0 aromatic heterocycles. The number of phosphoric ester groups is 1. The average Bonchev–Trinajstić information content (AvgIpc) is 3.38. The molecule has 0 heterocycles. The van der Waals surface area contributed by atoms with Gasteiger partial charge >= 0.3 is 5.97 Å². The van der Waals surface area contributed by atoms with Gasteiger partial charge in [0, 0.05) is 12.8 Å². The minimum Gasteiger partial charge on any atom is -0.756 e. The first-order chi connectivity index (χ1) is 36.9. The second-order valence-corrected chi connectivity index (χ2v) is 23.6. The number of hydrogen-bond acceptors (Lipinski definition) is 7.